The largest absolute Gasteiger partial charge is 0.491 e. The van der Waals surface area contributed by atoms with E-state index in [1.165, 1.54) is 0 Å². The van der Waals surface area contributed by atoms with Gasteiger partial charge in [0.1, 0.15) is 18.5 Å². The number of aryl methyl sites for hydroxylation is 1. The fraction of sp³-hybridized carbons (Fsp3) is 0.625. The highest BCUT2D eigenvalue weighted by Gasteiger charge is 2.19. The van der Waals surface area contributed by atoms with Crippen LogP contribution < -0.4 is 4.74 Å². The lowest BCUT2D eigenvalue weighted by Gasteiger charge is -2.35. The van der Waals surface area contributed by atoms with Crippen LogP contribution in [0, 0.1) is 6.92 Å². The van der Waals surface area contributed by atoms with Crippen molar-refractivity contribution < 1.29 is 14.9 Å². The Balaban J connectivity index is 1.68. The van der Waals surface area contributed by atoms with Gasteiger partial charge < -0.3 is 14.9 Å². The molecule has 1 aliphatic rings. The van der Waals surface area contributed by atoms with E-state index in [0.717, 1.165) is 44.0 Å². The van der Waals surface area contributed by atoms with Gasteiger partial charge in [0.2, 0.25) is 0 Å². The maximum Gasteiger partial charge on any atom is 0.122 e. The number of aliphatic hydroxyl groups excluding tert-OH is 2. The van der Waals surface area contributed by atoms with E-state index in [1.54, 1.807) is 0 Å². The van der Waals surface area contributed by atoms with Crippen LogP contribution in [-0.4, -0.2) is 78.6 Å². The highest BCUT2D eigenvalue weighted by molar-refractivity contribution is 5.31. The van der Waals surface area contributed by atoms with Crippen molar-refractivity contribution in [3.63, 3.8) is 0 Å². The van der Waals surface area contributed by atoms with E-state index in [0.29, 0.717) is 13.2 Å². The topological polar surface area (TPSA) is 56.2 Å². The van der Waals surface area contributed by atoms with E-state index in [1.807, 2.05) is 31.2 Å². The molecule has 1 atom stereocenters. The third-order valence-electron chi connectivity index (χ3n) is 3.87. The number of hydrogen-bond acceptors (Lipinski definition) is 5. The molecule has 118 valence electrons. The molecule has 5 nitrogen and oxygen atoms in total. The van der Waals surface area contributed by atoms with Crippen molar-refractivity contribution in [1.29, 1.82) is 0 Å². The van der Waals surface area contributed by atoms with E-state index < -0.39 is 6.10 Å². The summed E-state index contributed by atoms with van der Waals surface area (Å²) in [6.45, 7) is 7.68. The number of ether oxygens (including phenoxy) is 1. The number of nitrogens with zero attached hydrogens (tertiary/aromatic N) is 2. The number of para-hydroxylation sites is 1. The molecular weight excluding hydrogens is 268 g/mol. The second-order valence-electron chi connectivity index (χ2n) is 5.60. The van der Waals surface area contributed by atoms with Gasteiger partial charge in [-0.1, -0.05) is 18.2 Å². The lowest BCUT2D eigenvalue weighted by molar-refractivity contribution is 0.0427. The molecule has 0 unspecified atom stereocenters. The molecule has 1 aliphatic heterocycles. The number of rotatable bonds is 7. The summed E-state index contributed by atoms with van der Waals surface area (Å²) >= 11 is 0. The molecule has 5 heteroatoms. The maximum absolute atomic E-state index is 10.1. The highest BCUT2D eigenvalue weighted by atomic mass is 16.5. The zero-order chi connectivity index (χ0) is 15.1. The van der Waals surface area contributed by atoms with E-state index in [9.17, 15) is 5.11 Å². The summed E-state index contributed by atoms with van der Waals surface area (Å²) in [7, 11) is 0. The minimum absolute atomic E-state index is 0.215. The SMILES string of the molecule is Cc1ccccc1OC[C@@H](O)CN1CCN(CCO)CC1. The van der Waals surface area contributed by atoms with Gasteiger partial charge in [-0.05, 0) is 18.6 Å². The highest BCUT2D eigenvalue weighted by Crippen LogP contribution is 2.16. The third kappa shape index (κ3) is 5.28. The van der Waals surface area contributed by atoms with E-state index in [4.69, 9.17) is 9.84 Å². The van der Waals surface area contributed by atoms with Gasteiger partial charge in [-0.3, -0.25) is 9.80 Å². The normalized spacial score (nSPS) is 18.6. The van der Waals surface area contributed by atoms with Crippen molar-refractivity contribution in [2.75, 3.05) is 52.5 Å². The summed E-state index contributed by atoms with van der Waals surface area (Å²) in [5.41, 5.74) is 1.09. The zero-order valence-electron chi connectivity index (χ0n) is 12.7. The molecule has 1 heterocycles. The van der Waals surface area contributed by atoms with Crippen LogP contribution in [0.3, 0.4) is 0 Å². The van der Waals surface area contributed by atoms with Gasteiger partial charge in [0.15, 0.2) is 0 Å². The molecule has 0 spiro atoms. The zero-order valence-corrected chi connectivity index (χ0v) is 12.7. The van der Waals surface area contributed by atoms with Crippen molar-refractivity contribution in [1.82, 2.24) is 9.80 Å². The summed E-state index contributed by atoms with van der Waals surface area (Å²) in [4.78, 5) is 4.49. The fourth-order valence-corrected chi connectivity index (χ4v) is 2.59. The fourth-order valence-electron chi connectivity index (χ4n) is 2.59. The molecule has 0 radical (unpaired) electrons. The molecule has 0 amide bonds. The van der Waals surface area contributed by atoms with Gasteiger partial charge in [-0.25, -0.2) is 0 Å². The molecule has 1 saturated heterocycles. The van der Waals surface area contributed by atoms with E-state index >= 15 is 0 Å². The Hall–Kier alpha value is -1.14. The second kappa shape index (κ2) is 8.34. The first kappa shape index (κ1) is 16.2. The first-order chi connectivity index (χ1) is 10.2. The summed E-state index contributed by atoms with van der Waals surface area (Å²) in [5.74, 6) is 0.837. The first-order valence-electron chi connectivity index (χ1n) is 7.61. The van der Waals surface area contributed by atoms with Gasteiger partial charge in [0.05, 0.1) is 6.61 Å². The van der Waals surface area contributed by atoms with Crippen LogP contribution in [0.15, 0.2) is 24.3 Å². The first-order valence-corrected chi connectivity index (χ1v) is 7.61. The van der Waals surface area contributed by atoms with Gasteiger partial charge in [-0.15, -0.1) is 0 Å². The summed E-state index contributed by atoms with van der Waals surface area (Å²) in [5, 5.41) is 19.0. The molecule has 2 rings (SSSR count). The summed E-state index contributed by atoms with van der Waals surface area (Å²) in [6.07, 6.45) is -0.478. The minimum atomic E-state index is -0.478. The monoisotopic (exact) mass is 294 g/mol. The Kier molecular flexibility index (Phi) is 6.45. The number of benzene rings is 1. The van der Waals surface area contributed by atoms with Crippen LogP contribution >= 0.6 is 0 Å². The van der Waals surface area contributed by atoms with E-state index in [2.05, 4.69) is 9.80 Å². The molecule has 0 saturated carbocycles. The minimum Gasteiger partial charge on any atom is -0.491 e. The van der Waals surface area contributed by atoms with Gasteiger partial charge >= 0.3 is 0 Å². The molecular formula is C16H26N2O3. The van der Waals surface area contributed by atoms with Crippen LogP contribution in [0.4, 0.5) is 0 Å². The Morgan fingerprint density at radius 3 is 2.48 bits per heavy atom. The van der Waals surface area contributed by atoms with Crippen molar-refractivity contribution in [2.24, 2.45) is 0 Å². The molecule has 0 aromatic heterocycles. The third-order valence-corrected chi connectivity index (χ3v) is 3.87. The molecule has 1 fully saturated rings. The second-order valence-corrected chi connectivity index (χ2v) is 5.60. The average molecular weight is 294 g/mol. The van der Waals surface area contributed by atoms with Gasteiger partial charge in [0.25, 0.3) is 0 Å². The lowest BCUT2D eigenvalue weighted by Crippen LogP contribution is -2.49. The summed E-state index contributed by atoms with van der Waals surface area (Å²) < 4.78 is 5.68. The standard InChI is InChI=1S/C16H26N2O3/c1-14-4-2-3-5-16(14)21-13-15(20)12-18-8-6-17(7-9-18)10-11-19/h2-5,15,19-20H,6-13H2,1H3/t15-/m0/s1. The lowest BCUT2D eigenvalue weighted by atomic mass is 10.2. The van der Waals surface area contributed by atoms with Crippen LogP contribution in [0.2, 0.25) is 0 Å². The molecule has 0 aliphatic carbocycles. The molecule has 21 heavy (non-hydrogen) atoms. The van der Waals surface area contributed by atoms with Crippen LogP contribution in [0.5, 0.6) is 5.75 Å². The van der Waals surface area contributed by atoms with Crippen LogP contribution in [-0.2, 0) is 0 Å². The maximum atomic E-state index is 10.1. The van der Waals surface area contributed by atoms with Gasteiger partial charge in [-0.2, -0.15) is 0 Å². The van der Waals surface area contributed by atoms with Crippen molar-refractivity contribution in [3.05, 3.63) is 29.8 Å². The van der Waals surface area contributed by atoms with Crippen LogP contribution in [0.1, 0.15) is 5.56 Å². The molecule has 1 aromatic carbocycles. The molecule has 1 aromatic rings. The smallest absolute Gasteiger partial charge is 0.122 e. The summed E-state index contributed by atoms with van der Waals surface area (Å²) in [6, 6.07) is 7.84. The van der Waals surface area contributed by atoms with E-state index in [-0.39, 0.29) is 6.61 Å². The Bertz CT molecular complexity index is 420. The number of piperazine rings is 1. The Morgan fingerprint density at radius 2 is 1.81 bits per heavy atom. The predicted octanol–water partition coefficient (Wildman–Crippen LogP) is 0.345. The quantitative estimate of drug-likeness (QED) is 0.760. The predicted molar refractivity (Wildman–Crippen MR) is 82.6 cm³/mol. The molecule has 0 bridgehead atoms. The Labute approximate surface area is 126 Å². The Morgan fingerprint density at radius 1 is 1.14 bits per heavy atom. The van der Waals surface area contributed by atoms with Crippen molar-refractivity contribution in [3.8, 4) is 5.75 Å². The van der Waals surface area contributed by atoms with Crippen molar-refractivity contribution in [2.45, 2.75) is 13.0 Å². The molecule has 2 N–H and O–H groups in total. The van der Waals surface area contributed by atoms with Crippen LogP contribution in [0.25, 0.3) is 0 Å². The number of aliphatic hydroxyl groups is 2. The average Bonchev–Trinajstić information content (AvgIpc) is 2.49. The number of hydrogen-bond donors (Lipinski definition) is 2. The number of β-amino-alcohol motifs (C(OH)–C–C–N with tert-alkyl or cyclic N) is 2. The van der Waals surface area contributed by atoms with Gasteiger partial charge in [0, 0.05) is 39.3 Å². The van der Waals surface area contributed by atoms with Crippen molar-refractivity contribution >= 4 is 0 Å².